The summed E-state index contributed by atoms with van der Waals surface area (Å²) in [5.74, 6) is 0.676. The topological polar surface area (TPSA) is 38.3 Å². The highest BCUT2D eigenvalue weighted by Crippen LogP contribution is 2.40. The number of carbonyl (C=O) groups excluding carboxylic acids is 1. The van der Waals surface area contributed by atoms with Crippen molar-refractivity contribution < 1.29 is 9.53 Å². The van der Waals surface area contributed by atoms with Crippen molar-refractivity contribution in [1.82, 2.24) is 5.32 Å². The quantitative estimate of drug-likeness (QED) is 0.868. The molecule has 0 aromatic heterocycles. The summed E-state index contributed by atoms with van der Waals surface area (Å²) in [5.41, 5.74) is 2.30. The van der Waals surface area contributed by atoms with Crippen LogP contribution in [0.1, 0.15) is 47.8 Å². The van der Waals surface area contributed by atoms with Crippen LogP contribution in [0.15, 0.2) is 42.5 Å². The number of hydrogen-bond acceptors (Lipinski definition) is 2. The Kier molecular flexibility index (Phi) is 4.07. The van der Waals surface area contributed by atoms with Gasteiger partial charge in [-0.15, -0.1) is 0 Å². The average Bonchev–Trinajstić information content (AvgIpc) is 2.45. The van der Waals surface area contributed by atoms with Crippen molar-refractivity contribution in [2.75, 3.05) is 0 Å². The van der Waals surface area contributed by atoms with Gasteiger partial charge in [-0.2, -0.15) is 0 Å². The van der Waals surface area contributed by atoms with E-state index in [-0.39, 0.29) is 17.6 Å². The summed E-state index contributed by atoms with van der Waals surface area (Å²) >= 11 is 6.13. The minimum atomic E-state index is -0.334. The minimum Gasteiger partial charge on any atom is -0.487 e. The first-order valence-electron chi connectivity index (χ1n) is 7.71. The van der Waals surface area contributed by atoms with E-state index in [1.54, 1.807) is 12.1 Å². The third-order valence-corrected chi connectivity index (χ3v) is 4.38. The number of aryl methyl sites for hydroxylation is 1. The number of ether oxygens (including phenoxy) is 1. The zero-order valence-corrected chi connectivity index (χ0v) is 14.3. The van der Waals surface area contributed by atoms with Crippen molar-refractivity contribution in [2.24, 2.45) is 0 Å². The second kappa shape index (κ2) is 5.89. The lowest BCUT2D eigenvalue weighted by atomic mass is 9.89. The fraction of sp³-hybridized carbons (Fsp3) is 0.316. The van der Waals surface area contributed by atoms with E-state index >= 15 is 0 Å². The number of benzene rings is 2. The summed E-state index contributed by atoms with van der Waals surface area (Å²) < 4.78 is 6.06. The molecule has 4 heteroatoms. The zero-order valence-electron chi connectivity index (χ0n) is 13.5. The Morgan fingerprint density at radius 3 is 2.74 bits per heavy atom. The second-order valence-electron chi connectivity index (χ2n) is 6.61. The van der Waals surface area contributed by atoms with Crippen molar-refractivity contribution in [2.45, 2.75) is 38.8 Å². The Hall–Kier alpha value is -2.00. The van der Waals surface area contributed by atoms with Gasteiger partial charge in [0, 0.05) is 12.0 Å². The monoisotopic (exact) mass is 329 g/mol. The fourth-order valence-corrected chi connectivity index (χ4v) is 3.19. The summed E-state index contributed by atoms with van der Waals surface area (Å²) in [6.45, 7) is 6.10. The molecular formula is C19H20ClNO2. The predicted molar refractivity (Wildman–Crippen MR) is 92.2 cm³/mol. The van der Waals surface area contributed by atoms with E-state index in [1.165, 1.54) is 0 Å². The first kappa shape index (κ1) is 15.9. The van der Waals surface area contributed by atoms with Gasteiger partial charge in [-0.25, -0.2) is 0 Å². The van der Waals surface area contributed by atoms with Crippen LogP contribution in [-0.4, -0.2) is 11.5 Å². The summed E-state index contributed by atoms with van der Waals surface area (Å²) in [7, 11) is 0. The number of fused-ring (bicyclic) bond motifs is 1. The number of hydrogen-bond donors (Lipinski definition) is 1. The van der Waals surface area contributed by atoms with E-state index in [0.29, 0.717) is 17.0 Å². The van der Waals surface area contributed by atoms with Gasteiger partial charge < -0.3 is 10.1 Å². The molecule has 2 aromatic rings. The Morgan fingerprint density at radius 1 is 1.26 bits per heavy atom. The van der Waals surface area contributed by atoms with Crippen molar-refractivity contribution >= 4 is 17.5 Å². The molecule has 120 valence electrons. The lowest BCUT2D eigenvalue weighted by molar-refractivity contribution is 0.0619. The van der Waals surface area contributed by atoms with Gasteiger partial charge in [0.1, 0.15) is 11.4 Å². The van der Waals surface area contributed by atoms with E-state index in [0.717, 1.165) is 16.9 Å². The summed E-state index contributed by atoms with van der Waals surface area (Å²) in [6.07, 6.45) is 0.708. The number of rotatable bonds is 2. The molecule has 1 N–H and O–H groups in total. The van der Waals surface area contributed by atoms with E-state index in [2.05, 4.69) is 5.32 Å². The minimum absolute atomic E-state index is 0.0990. The molecule has 0 aliphatic carbocycles. The number of amides is 1. The molecule has 1 heterocycles. The van der Waals surface area contributed by atoms with Gasteiger partial charge in [0.2, 0.25) is 0 Å². The highest BCUT2D eigenvalue weighted by molar-refractivity contribution is 6.33. The lowest BCUT2D eigenvalue weighted by Gasteiger charge is -2.38. The molecule has 1 aliphatic heterocycles. The third-order valence-electron chi connectivity index (χ3n) is 4.05. The standard InChI is InChI=1S/C19H20ClNO2/c1-12-8-9-14-16(11-19(2,3)23-17(14)10-12)21-18(22)13-6-4-5-7-15(13)20/h4-10,16H,11H2,1-3H3,(H,21,22)/t16-/m1/s1. The molecule has 0 fully saturated rings. The van der Waals surface area contributed by atoms with E-state index in [9.17, 15) is 4.79 Å². The van der Waals surface area contributed by atoms with E-state index in [1.807, 2.05) is 51.1 Å². The van der Waals surface area contributed by atoms with Gasteiger partial charge in [-0.05, 0) is 44.5 Å². The number of halogens is 1. The molecule has 0 radical (unpaired) electrons. The van der Waals surface area contributed by atoms with Gasteiger partial charge in [0.05, 0.1) is 16.6 Å². The number of nitrogens with one attached hydrogen (secondary N) is 1. The van der Waals surface area contributed by atoms with Gasteiger partial charge >= 0.3 is 0 Å². The van der Waals surface area contributed by atoms with E-state index in [4.69, 9.17) is 16.3 Å². The molecule has 0 saturated heterocycles. The van der Waals surface area contributed by atoms with Gasteiger partial charge in [-0.3, -0.25) is 4.79 Å². The summed E-state index contributed by atoms with van der Waals surface area (Å²) in [5, 5.41) is 3.56. The Bertz CT molecular complexity index is 755. The van der Waals surface area contributed by atoms with Crippen molar-refractivity contribution in [3.63, 3.8) is 0 Å². The van der Waals surface area contributed by atoms with Crippen molar-refractivity contribution in [1.29, 1.82) is 0 Å². The van der Waals surface area contributed by atoms with Crippen LogP contribution in [0.5, 0.6) is 5.75 Å². The van der Waals surface area contributed by atoms with Crippen LogP contribution in [0.4, 0.5) is 0 Å². The fourth-order valence-electron chi connectivity index (χ4n) is 2.97. The van der Waals surface area contributed by atoms with E-state index < -0.39 is 0 Å². The maximum atomic E-state index is 12.6. The maximum Gasteiger partial charge on any atom is 0.253 e. The van der Waals surface area contributed by atoms with Crippen molar-refractivity contribution in [3.05, 3.63) is 64.2 Å². The molecule has 0 bridgehead atoms. The molecule has 0 spiro atoms. The first-order chi connectivity index (χ1) is 10.9. The average molecular weight is 330 g/mol. The molecule has 1 atom stereocenters. The van der Waals surface area contributed by atoms with Crippen LogP contribution in [0, 0.1) is 6.92 Å². The summed E-state index contributed by atoms with van der Waals surface area (Å²) in [6, 6.07) is 13.1. The lowest BCUT2D eigenvalue weighted by Crippen LogP contribution is -2.41. The number of carbonyl (C=O) groups is 1. The molecule has 0 unspecified atom stereocenters. The van der Waals surface area contributed by atoms with Crippen LogP contribution in [0.25, 0.3) is 0 Å². The summed E-state index contributed by atoms with van der Waals surface area (Å²) in [4.78, 5) is 12.6. The van der Waals surface area contributed by atoms with Crippen LogP contribution < -0.4 is 10.1 Å². The highest BCUT2D eigenvalue weighted by atomic mass is 35.5. The maximum absolute atomic E-state index is 12.6. The first-order valence-corrected chi connectivity index (χ1v) is 8.08. The molecular weight excluding hydrogens is 310 g/mol. The Balaban J connectivity index is 1.91. The Labute approximate surface area is 141 Å². The van der Waals surface area contributed by atoms with Crippen molar-refractivity contribution in [3.8, 4) is 5.75 Å². The van der Waals surface area contributed by atoms with Crippen LogP contribution in [0.2, 0.25) is 5.02 Å². The van der Waals surface area contributed by atoms with Crippen LogP contribution in [-0.2, 0) is 0 Å². The molecule has 1 aliphatic rings. The van der Waals surface area contributed by atoms with Gasteiger partial charge in [0.25, 0.3) is 5.91 Å². The smallest absolute Gasteiger partial charge is 0.253 e. The molecule has 23 heavy (non-hydrogen) atoms. The third kappa shape index (κ3) is 3.35. The SMILES string of the molecule is Cc1ccc2c(c1)OC(C)(C)C[C@H]2NC(=O)c1ccccc1Cl. The normalized spacial score (nSPS) is 18.7. The predicted octanol–water partition coefficient (Wildman–Crippen LogP) is 4.68. The molecule has 0 saturated carbocycles. The second-order valence-corrected chi connectivity index (χ2v) is 7.02. The van der Waals surface area contributed by atoms with Crippen LogP contribution in [0.3, 0.4) is 0 Å². The van der Waals surface area contributed by atoms with Gasteiger partial charge in [0.15, 0.2) is 0 Å². The molecule has 2 aromatic carbocycles. The van der Waals surface area contributed by atoms with Crippen LogP contribution >= 0.6 is 11.6 Å². The highest BCUT2D eigenvalue weighted by Gasteiger charge is 2.34. The van der Waals surface area contributed by atoms with Gasteiger partial charge in [-0.1, -0.05) is 35.9 Å². The molecule has 3 nitrogen and oxygen atoms in total. The zero-order chi connectivity index (χ0) is 16.6. The largest absolute Gasteiger partial charge is 0.487 e. The Morgan fingerprint density at radius 2 is 2.00 bits per heavy atom. The molecule has 3 rings (SSSR count). The molecule has 1 amide bonds.